The molecule has 0 unspecified atom stereocenters. The molecule has 3 nitrogen and oxygen atoms in total. The molecular weight excluding hydrogens is 319 g/mol. The first-order valence-electron chi connectivity index (χ1n) is 5.07. The molecule has 0 saturated heterocycles. The van der Waals surface area contributed by atoms with Crippen molar-refractivity contribution in [2.45, 2.75) is 0 Å². The topological polar surface area (TPSA) is 34.9 Å². The van der Waals surface area contributed by atoms with E-state index >= 15 is 0 Å². The molecule has 0 atom stereocenters. The van der Waals surface area contributed by atoms with Crippen LogP contribution in [-0.2, 0) is 0 Å². The monoisotopic (exact) mass is 324 g/mol. The van der Waals surface area contributed by atoms with Crippen molar-refractivity contribution in [1.29, 1.82) is 0 Å². The second-order valence-electron chi connectivity index (χ2n) is 3.65. The van der Waals surface area contributed by atoms with Crippen LogP contribution in [0, 0.1) is 5.82 Å². The fourth-order valence-electron chi connectivity index (χ4n) is 1.71. The smallest absolute Gasteiger partial charge is 0.195 e. The van der Waals surface area contributed by atoms with Crippen LogP contribution in [0.2, 0.25) is 0 Å². The molecule has 0 radical (unpaired) electrons. The summed E-state index contributed by atoms with van der Waals surface area (Å²) in [6.45, 7) is 0. The van der Waals surface area contributed by atoms with E-state index in [0.717, 1.165) is 11.0 Å². The van der Waals surface area contributed by atoms with Crippen molar-refractivity contribution in [3.8, 4) is 5.13 Å². The first kappa shape index (κ1) is 11.6. The molecule has 0 spiro atoms. The van der Waals surface area contributed by atoms with Gasteiger partial charge in [-0.2, -0.15) is 0 Å². The summed E-state index contributed by atoms with van der Waals surface area (Å²) < 4.78 is 16.3. The third-order valence-electron chi connectivity index (χ3n) is 2.51. The maximum Gasteiger partial charge on any atom is 0.195 e. The fourth-order valence-corrected chi connectivity index (χ4v) is 3.39. The lowest BCUT2D eigenvalue weighted by Gasteiger charge is -1.97. The summed E-state index contributed by atoms with van der Waals surface area (Å²) in [7, 11) is 0. The Kier molecular flexibility index (Phi) is 2.76. The van der Waals surface area contributed by atoms with Crippen LogP contribution in [0.1, 0.15) is 10.5 Å². The van der Waals surface area contributed by atoms with Crippen LogP contribution in [0.25, 0.3) is 15.3 Å². The van der Waals surface area contributed by atoms with Gasteiger partial charge in [0.25, 0.3) is 0 Å². The molecule has 3 rings (SSSR count). The lowest BCUT2D eigenvalue weighted by Crippen LogP contribution is -1.95. The summed E-state index contributed by atoms with van der Waals surface area (Å²) >= 11 is 4.62. The predicted molar refractivity (Wildman–Crippen MR) is 72.0 cm³/mol. The van der Waals surface area contributed by atoms with E-state index in [-0.39, 0.29) is 5.82 Å². The Morgan fingerprint density at radius 3 is 3.06 bits per heavy atom. The number of benzene rings is 1. The van der Waals surface area contributed by atoms with Crippen LogP contribution in [0.4, 0.5) is 4.39 Å². The number of halogens is 2. The number of nitrogens with zero attached hydrogens (tertiary/aromatic N) is 2. The molecule has 6 heteroatoms. The lowest BCUT2D eigenvalue weighted by molar-refractivity contribution is 0.111. The highest BCUT2D eigenvalue weighted by molar-refractivity contribution is 9.10. The second kappa shape index (κ2) is 4.29. The Labute approximate surface area is 114 Å². The minimum atomic E-state index is -0.312. The number of carbonyl (C=O) groups is 1. The summed E-state index contributed by atoms with van der Waals surface area (Å²) in [4.78, 5) is 15.3. The highest BCUT2D eigenvalue weighted by atomic mass is 79.9. The molecule has 18 heavy (non-hydrogen) atoms. The zero-order valence-electron chi connectivity index (χ0n) is 8.93. The minimum absolute atomic E-state index is 0.312. The summed E-state index contributed by atoms with van der Waals surface area (Å²) in [6, 6.07) is 6.29. The van der Waals surface area contributed by atoms with E-state index in [1.54, 1.807) is 22.9 Å². The molecule has 0 saturated carbocycles. The maximum absolute atomic E-state index is 13.3. The maximum atomic E-state index is 13.3. The van der Waals surface area contributed by atoms with Gasteiger partial charge in [0, 0.05) is 10.7 Å². The quantitative estimate of drug-likeness (QED) is 0.672. The van der Waals surface area contributed by atoms with Crippen molar-refractivity contribution in [2.75, 3.05) is 0 Å². The molecule has 3 aromatic rings. The molecule has 0 fully saturated rings. The molecule has 2 heterocycles. The summed E-state index contributed by atoms with van der Waals surface area (Å²) in [5, 5.41) is 0.642. The van der Waals surface area contributed by atoms with Gasteiger partial charge < -0.3 is 0 Å². The molecular formula is C12H6BrFN2OS. The zero-order chi connectivity index (χ0) is 12.7. The average Bonchev–Trinajstić information content (AvgIpc) is 2.92. The first-order chi connectivity index (χ1) is 8.69. The van der Waals surface area contributed by atoms with Gasteiger partial charge in [-0.05, 0) is 40.2 Å². The van der Waals surface area contributed by atoms with Crippen LogP contribution < -0.4 is 0 Å². The number of aldehydes is 1. The normalized spacial score (nSPS) is 11.0. The number of hydrogen-bond donors (Lipinski definition) is 0. The number of aromatic nitrogens is 2. The van der Waals surface area contributed by atoms with Crippen LogP contribution in [-0.4, -0.2) is 15.8 Å². The number of hydrogen-bond acceptors (Lipinski definition) is 3. The Balaban J connectivity index is 2.25. The Morgan fingerprint density at radius 1 is 1.44 bits per heavy atom. The van der Waals surface area contributed by atoms with Crippen molar-refractivity contribution in [3.05, 3.63) is 46.4 Å². The van der Waals surface area contributed by atoms with E-state index in [2.05, 4.69) is 20.9 Å². The highest BCUT2D eigenvalue weighted by Gasteiger charge is 2.11. The molecule has 0 aliphatic carbocycles. The molecule has 0 bridgehead atoms. The second-order valence-corrected chi connectivity index (χ2v) is 5.52. The van der Waals surface area contributed by atoms with Crippen LogP contribution in [0.5, 0.6) is 0 Å². The molecule has 0 aliphatic heterocycles. The van der Waals surface area contributed by atoms with Gasteiger partial charge in [-0.25, -0.2) is 9.37 Å². The molecule has 0 N–H and O–H groups in total. The lowest BCUT2D eigenvalue weighted by atomic mass is 10.3. The third-order valence-corrected chi connectivity index (χ3v) is 4.12. The van der Waals surface area contributed by atoms with E-state index in [9.17, 15) is 9.18 Å². The van der Waals surface area contributed by atoms with E-state index < -0.39 is 0 Å². The first-order valence-corrected chi connectivity index (χ1v) is 6.68. The minimum Gasteiger partial charge on any atom is -0.296 e. The van der Waals surface area contributed by atoms with Gasteiger partial charge in [0.15, 0.2) is 11.4 Å². The van der Waals surface area contributed by atoms with Crippen molar-refractivity contribution in [3.63, 3.8) is 0 Å². The number of rotatable bonds is 2. The van der Waals surface area contributed by atoms with Gasteiger partial charge in [0.1, 0.15) is 5.82 Å². The van der Waals surface area contributed by atoms with E-state index in [1.807, 2.05) is 0 Å². The van der Waals surface area contributed by atoms with E-state index in [0.29, 0.717) is 20.8 Å². The molecule has 2 aromatic heterocycles. The standard InChI is InChI=1S/C12H6BrFN2OS/c13-9-4-7(14)5-10-11(9)15-12(18-10)16-3-1-2-8(16)6-17/h1-6H. The Morgan fingerprint density at radius 2 is 2.28 bits per heavy atom. The van der Waals surface area contributed by atoms with Gasteiger partial charge in [0.05, 0.1) is 15.9 Å². The van der Waals surface area contributed by atoms with Gasteiger partial charge >= 0.3 is 0 Å². The average molecular weight is 325 g/mol. The number of thiazole rings is 1. The van der Waals surface area contributed by atoms with Crippen molar-refractivity contribution in [1.82, 2.24) is 9.55 Å². The van der Waals surface area contributed by atoms with E-state index in [1.165, 1.54) is 23.5 Å². The largest absolute Gasteiger partial charge is 0.296 e. The van der Waals surface area contributed by atoms with Crippen molar-refractivity contribution >= 4 is 43.8 Å². The number of fused-ring (bicyclic) bond motifs is 1. The third kappa shape index (κ3) is 1.77. The van der Waals surface area contributed by atoms with Crippen LogP contribution in [0.3, 0.4) is 0 Å². The van der Waals surface area contributed by atoms with Crippen molar-refractivity contribution in [2.24, 2.45) is 0 Å². The van der Waals surface area contributed by atoms with Crippen LogP contribution >= 0.6 is 27.3 Å². The highest BCUT2D eigenvalue weighted by Crippen LogP contribution is 2.31. The molecule has 0 aliphatic rings. The van der Waals surface area contributed by atoms with Crippen molar-refractivity contribution < 1.29 is 9.18 Å². The SMILES string of the molecule is O=Cc1cccn1-c1nc2c(Br)cc(F)cc2s1. The predicted octanol–water partition coefficient (Wildman–Crippen LogP) is 3.80. The Hall–Kier alpha value is -1.53. The van der Waals surface area contributed by atoms with Gasteiger partial charge in [-0.1, -0.05) is 11.3 Å². The number of carbonyl (C=O) groups excluding carboxylic acids is 1. The fraction of sp³-hybridized carbons (Fsp3) is 0. The molecule has 90 valence electrons. The molecule has 0 amide bonds. The molecule has 1 aromatic carbocycles. The van der Waals surface area contributed by atoms with Crippen LogP contribution in [0.15, 0.2) is 34.9 Å². The summed E-state index contributed by atoms with van der Waals surface area (Å²) in [5.41, 5.74) is 1.22. The van der Waals surface area contributed by atoms with Gasteiger partial charge in [-0.15, -0.1) is 0 Å². The summed E-state index contributed by atoms with van der Waals surface area (Å²) in [5.74, 6) is -0.312. The summed E-state index contributed by atoms with van der Waals surface area (Å²) in [6.07, 6.45) is 2.52. The van der Waals surface area contributed by atoms with E-state index in [4.69, 9.17) is 0 Å². The Bertz CT molecular complexity index is 750. The zero-order valence-corrected chi connectivity index (χ0v) is 11.3. The van der Waals surface area contributed by atoms with Gasteiger partial charge in [0.2, 0.25) is 0 Å². The van der Waals surface area contributed by atoms with Gasteiger partial charge in [-0.3, -0.25) is 9.36 Å².